The molecule has 0 aliphatic rings. The van der Waals surface area contributed by atoms with E-state index in [2.05, 4.69) is 30.8 Å². The van der Waals surface area contributed by atoms with Gasteiger partial charge in [-0.05, 0) is 25.1 Å². The van der Waals surface area contributed by atoms with Gasteiger partial charge in [0, 0.05) is 28.0 Å². The number of aryl methyl sites for hydroxylation is 1. The maximum atomic E-state index is 12.2. The fourth-order valence-corrected chi connectivity index (χ4v) is 3.31. The van der Waals surface area contributed by atoms with Crippen molar-refractivity contribution >= 4 is 31.6 Å². The predicted molar refractivity (Wildman–Crippen MR) is 76.2 cm³/mol. The first-order valence-electron chi connectivity index (χ1n) is 5.46. The van der Waals surface area contributed by atoms with Crippen molar-refractivity contribution in [2.45, 2.75) is 18.5 Å². The summed E-state index contributed by atoms with van der Waals surface area (Å²) in [6.07, 6.45) is 0. The molecule has 1 aromatic carbocycles. The molecule has 1 aromatic heterocycles. The molecule has 0 fully saturated rings. The van der Waals surface area contributed by atoms with Gasteiger partial charge in [-0.25, -0.2) is 0 Å². The Hall–Kier alpha value is -1.38. The Balaban J connectivity index is 2.38. The minimum atomic E-state index is -3.75. The first kappa shape index (κ1) is 14.0. The molecule has 2 aromatic rings. The molecule has 8 heteroatoms. The third-order valence-corrected chi connectivity index (χ3v) is 4.42. The van der Waals surface area contributed by atoms with Crippen molar-refractivity contribution in [3.63, 3.8) is 0 Å². The van der Waals surface area contributed by atoms with E-state index in [1.807, 2.05) is 6.07 Å². The van der Waals surface area contributed by atoms with Crippen molar-refractivity contribution < 1.29 is 8.42 Å². The van der Waals surface area contributed by atoms with Crippen LogP contribution in [0, 0.1) is 6.92 Å². The zero-order chi connectivity index (χ0) is 14.0. The Morgan fingerprint density at radius 1 is 1.47 bits per heavy atom. The summed E-state index contributed by atoms with van der Waals surface area (Å²) in [5.41, 5.74) is 7.15. The summed E-state index contributed by atoms with van der Waals surface area (Å²) in [5.74, 6) is 0. The minimum Gasteiger partial charge on any atom is -0.326 e. The van der Waals surface area contributed by atoms with Crippen molar-refractivity contribution in [2.75, 3.05) is 4.72 Å². The molecule has 0 unspecified atom stereocenters. The summed E-state index contributed by atoms with van der Waals surface area (Å²) < 4.78 is 27.7. The van der Waals surface area contributed by atoms with E-state index in [9.17, 15) is 8.42 Å². The fraction of sp³-hybridized carbons (Fsp3) is 0.182. The zero-order valence-electron chi connectivity index (χ0n) is 10.1. The summed E-state index contributed by atoms with van der Waals surface area (Å²) in [6, 6.07) is 6.87. The lowest BCUT2D eigenvalue weighted by molar-refractivity contribution is 0.596. The van der Waals surface area contributed by atoms with Crippen LogP contribution < -0.4 is 10.5 Å². The Kier molecular flexibility index (Phi) is 3.93. The van der Waals surface area contributed by atoms with Gasteiger partial charge in [0.15, 0.2) is 0 Å². The molecule has 0 saturated carbocycles. The third kappa shape index (κ3) is 2.96. The lowest BCUT2D eigenvalue weighted by Crippen LogP contribution is -2.16. The van der Waals surface area contributed by atoms with Crippen LogP contribution >= 0.6 is 15.9 Å². The SMILES string of the molecule is Cc1[nH]nc(S(=O)(=O)Nc2cccc(Br)c2)c1CN. The standard InChI is InChI=1S/C11H13BrN4O2S/c1-7-10(6-13)11(15-14-7)19(17,18)16-9-4-2-3-8(12)5-9/h2-5,16H,6,13H2,1H3,(H,14,15). The van der Waals surface area contributed by atoms with Crippen molar-refractivity contribution in [3.05, 3.63) is 40.0 Å². The van der Waals surface area contributed by atoms with E-state index in [-0.39, 0.29) is 11.6 Å². The van der Waals surface area contributed by atoms with Gasteiger partial charge < -0.3 is 5.73 Å². The van der Waals surface area contributed by atoms with Gasteiger partial charge in [0.2, 0.25) is 5.03 Å². The summed E-state index contributed by atoms with van der Waals surface area (Å²) in [6.45, 7) is 1.84. The second kappa shape index (κ2) is 5.32. The number of nitrogens with one attached hydrogen (secondary N) is 2. The molecule has 0 spiro atoms. The molecule has 0 bridgehead atoms. The summed E-state index contributed by atoms with van der Waals surface area (Å²) in [4.78, 5) is 0. The van der Waals surface area contributed by atoms with Crippen LogP contribution in [-0.4, -0.2) is 18.6 Å². The molecule has 2 rings (SSSR count). The van der Waals surface area contributed by atoms with Crippen LogP contribution in [0.2, 0.25) is 0 Å². The molecule has 19 heavy (non-hydrogen) atoms. The van der Waals surface area contributed by atoms with Gasteiger partial charge in [-0.1, -0.05) is 22.0 Å². The van der Waals surface area contributed by atoms with Crippen LogP contribution in [0.15, 0.2) is 33.8 Å². The van der Waals surface area contributed by atoms with Crippen molar-refractivity contribution in [1.29, 1.82) is 0 Å². The first-order chi connectivity index (χ1) is 8.94. The molecule has 1 heterocycles. The first-order valence-corrected chi connectivity index (χ1v) is 7.74. The Labute approximate surface area is 119 Å². The number of halogens is 1. The number of rotatable bonds is 4. The number of hydrogen-bond acceptors (Lipinski definition) is 4. The number of H-pyrrole nitrogens is 1. The highest BCUT2D eigenvalue weighted by molar-refractivity contribution is 9.10. The number of benzene rings is 1. The van der Waals surface area contributed by atoms with E-state index >= 15 is 0 Å². The smallest absolute Gasteiger partial charge is 0.281 e. The Morgan fingerprint density at radius 3 is 2.84 bits per heavy atom. The number of sulfonamides is 1. The number of anilines is 1. The van der Waals surface area contributed by atoms with Crippen LogP contribution in [0.4, 0.5) is 5.69 Å². The summed E-state index contributed by atoms with van der Waals surface area (Å²) in [7, 11) is -3.75. The number of nitrogens with two attached hydrogens (primary N) is 1. The largest absolute Gasteiger partial charge is 0.326 e. The lowest BCUT2D eigenvalue weighted by atomic mass is 10.3. The van der Waals surface area contributed by atoms with Crippen LogP contribution in [0.3, 0.4) is 0 Å². The molecule has 0 atom stereocenters. The quantitative estimate of drug-likeness (QED) is 0.786. The van der Waals surface area contributed by atoms with E-state index < -0.39 is 10.0 Å². The maximum Gasteiger partial charge on any atom is 0.281 e. The molecule has 6 nitrogen and oxygen atoms in total. The molecule has 102 valence electrons. The maximum absolute atomic E-state index is 12.2. The number of hydrogen-bond donors (Lipinski definition) is 3. The van der Waals surface area contributed by atoms with Crippen LogP contribution in [0.1, 0.15) is 11.3 Å². The predicted octanol–water partition coefficient (Wildman–Crippen LogP) is 1.74. The van der Waals surface area contributed by atoms with Crippen LogP contribution in [0.25, 0.3) is 0 Å². The molecule has 0 saturated heterocycles. The molecule has 0 amide bonds. The normalized spacial score (nSPS) is 11.5. The van der Waals surface area contributed by atoms with E-state index in [1.165, 1.54) is 0 Å². The average Bonchev–Trinajstić information content (AvgIpc) is 2.70. The number of aromatic nitrogens is 2. The molecule has 0 aliphatic carbocycles. The highest BCUT2D eigenvalue weighted by Gasteiger charge is 2.23. The van der Waals surface area contributed by atoms with Gasteiger partial charge in [-0.15, -0.1) is 0 Å². The summed E-state index contributed by atoms with van der Waals surface area (Å²) >= 11 is 3.28. The lowest BCUT2D eigenvalue weighted by Gasteiger charge is -2.07. The minimum absolute atomic E-state index is 0.0625. The fourth-order valence-electron chi connectivity index (χ4n) is 1.65. The Morgan fingerprint density at radius 2 is 2.21 bits per heavy atom. The van der Waals surface area contributed by atoms with Gasteiger partial charge in [-0.2, -0.15) is 13.5 Å². The van der Waals surface area contributed by atoms with Gasteiger partial charge in [0.25, 0.3) is 10.0 Å². The average molecular weight is 345 g/mol. The van der Waals surface area contributed by atoms with E-state index in [1.54, 1.807) is 25.1 Å². The monoisotopic (exact) mass is 344 g/mol. The molecule has 0 aliphatic heterocycles. The second-order valence-corrected chi connectivity index (χ2v) is 6.47. The summed E-state index contributed by atoms with van der Waals surface area (Å²) in [5, 5.41) is 6.38. The second-order valence-electron chi connectivity index (χ2n) is 3.95. The van der Waals surface area contributed by atoms with Gasteiger partial charge in [0.1, 0.15) is 0 Å². The molecule has 4 N–H and O–H groups in total. The van der Waals surface area contributed by atoms with E-state index in [0.29, 0.717) is 16.9 Å². The zero-order valence-corrected chi connectivity index (χ0v) is 12.5. The Bertz CT molecular complexity index is 696. The van der Waals surface area contributed by atoms with Crippen molar-refractivity contribution in [2.24, 2.45) is 5.73 Å². The number of aromatic amines is 1. The highest BCUT2D eigenvalue weighted by Crippen LogP contribution is 2.21. The van der Waals surface area contributed by atoms with Gasteiger partial charge >= 0.3 is 0 Å². The molecular weight excluding hydrogens is 332 g/mol. The third-order valence-electron chi connectivity index (χ3n) is 2.57. The van der Waals surface area contributed by atoms with Crippen molar-refractivity contribution in [1.82, 2.24) is 10.2 Å². The van der Waals surface area contributed by atoms with Gasteiger partial charge in [-0.3, -0.25) is 9.82 Å². The van der Waals surface area contributed by atoms with Crippen molar-refractivity contribution in [3.8, 4) is 0 Å². The number of nitrogens with zero attached hydrogens (tertiary/aromatic N) is 1. The topological polar surface area (TPSA) is 101 Å². The highest BCUT2D eigenvalue weighted by atomic mass is 79.9. The molecular formula is C11H13BrN4O2S. The van der Waals surface area contributed by atoms with Crippen LogP contribution in [-0.2, 0) is 16.6 Å². The van der Waals surface area contributed by atoms with Gasteiger partial charge in [0.05, 0.1) is 0 Å². The van der Waals surface area contributed by atoms with Crippen LogP contribution in [0.5, 0.6) is 0 Å². The van der Waals surface area contributed by atoms with E-state index in [4.69, 9.17) is 5.73 Å². The molecule has 0 radical (unpaired) electrons. The van der Waals surface area contributed by atoms with E-state index in [0.717, 1.165) is 4.47 Å².